The van der Waals surface area contributed by atoms with Gasteiger partial charge >= 0.3 is 5.97 Å². The van der Waals surface area contributed by atoms with Gasteiger partial charge in [-0.05, 0) is 30.2 Å². The van der Waals surface area contributed by atoms with Gasteiger partial charge in [0.05, 0.1) is 20.1 Å². The molecule has 5 nitrogen and oxygen atoms in total. The zero-order chi connectivity index (χ0) is 17.2. The predicted molar refractivity (Wildman–Crippen MR) is 85.1 cm³/mol. The highest BCUT2D eigenvalue weighted by Gasteiger charge is 2.14. The lowest BCUT2D eigenvalue weighted by atomic mass is 10.1. The minimum absolute atomic E-state index is 0.120. The van der Waals surface area contributed by atoms with E-state index in [1.54, 1.807) is 26.2 Å². The summed E-state index contributed by atoms with van der Waals surface area (Å²) in [6, 6.07) is 5.92. The highest BCUT2D eigenvalue weighted by atomic mass is 19.1. The Morgan fingerprint density at radius 3 is 2.39 bits per heavy atom. The molecule has 0 aliphatic heterocycles. The van der Waals surface area contributed by atoms with Gasteiger partial charge in [-0.15, -0.1) is 0 Å². The van der Waals surface area contributed by atoms with Gasteiger partial charge in [0, 0.05) is 26.3 Å². The first-order valence-electron chi connectivity index (χ1n) is 7.26. The van der Waals surface area contributed by atoms with Crippen molar-refractivity contribution < 1.29 is 23.5 Å². The van der Waals surface area contributed by atoms with Crippen LogP contribution in [0.5, 0.6) is 0 Å². The summed E-state index contributed by atoms with van der Waals surface area (Å²) in [5, 5.41) is 0. The van der Waals surface area contributed by atoms with Gasteiger partial charge in [0.15, 0.2) is 0 Å². The van der Waals surface area contributed by atoms with Gasteiger partial charge in [0.1, 0.15) is 5.82 Å². The SMILES string of the molecule is COCCN(CCC(=O)OC)C(=O)C=C(C)c1ccc(F)cc1. The maximum atomic E-state index is 12.9. The van der Waals surface area contributed by atoms with Crippen LogP contribution < -0.4 is 0 Å². The first-order chi connectivity index (χ1) is 11.0. The number of methoxy groups -OCH3 is 2. The molecule has 0 N–H and O–H groups in total. The summed E-state index contributed by atoms with van der Waals surface area (Å²) in [5.41, 5.74) is 1.48. The standard InChI is InChI=1S/C17H22FNO4/c1-13(14-4-6-15(18)7-5-14)12-16(20)19(10-11-22-2)9-8-17(21)23-3/h4-7,12H,8-11H2,1-3H3. The zero-order valence-corrected chi connectivity index (χ0v) is 13.7. The van der Waals surface area contributed by atoms with Crippen molar-refractivity contribution in [3.05, 3.63) is 41.7 Å². The molecule has 0 unspecified atom stereocenters. The molecule has 0 spiro atoms. The summed E-state index contributed by atoms with van der Waals surface area (Å²) in [7, 11) is 2.85. The van der Waals surface area contributed by atoms with Crippen molar-refractivity contribution >= 4 is 17.4 Å². The molecule has 0 atom stereocenters. The normalized spacial score (nSPS) is 11.2. The van der Waals surface area contributed by atoms with E-state index >= 15 is 0 Å². The van der Waals surface area contributed by atoms with Crippen LogP contribution in [0, 0.1) is 5.82 Å². The number of nitrogens with zero attached hydrogens (tertiary/aromatic N) is 1. The van der Waals surface area contributed by atoms with E-state index < -0.39 is 0 Å². The topological polar surface area (TPSA) is 55.8 Å². The quantitative estimate of drug-likeness (QED) is 0.544. The molecule has 0 aliphatic rings. The predicted octanol–water partition coefficient (Wildman–Crippen LogP) is 2.27. The lowest BCUT2D eigenvalue weighted by molar-refractivity contribution is -0.141. The molecule has 0 saturated carbocycles. The number of amides is 1. The monoisotopic (exact) mass is 323 g/mol. The zero-order valence-electron chi connectivity index (χ0n) is 13.7. The highest BCUT2D eigenvalue weighted by molar-refractivity contribution is 5.95. The Kier molecular flexibility index (Phi) is 7.97. The van der Waals surface area contributed by atoms with Crippen molar-refractivity contribution in [2.45, 2.75) is 13.3 Å². The molecule has 1 amide bonds. The first kappa shape index (κ1) is 18.8. The third kappa shape index (κ3) is 6.61. The minimum Gasteiger partial charge on any atom is -0.469 e. The maximum Gasteiger partial charge on any atom is 0.307 e. The number of allylic oxidation sites excluding steroid dienone is 1. The van der Waals surface area contributed by atoms with E-state index in [-0.39, 0.29) is 30.7 Å². The van der Waals surface area contributed by atoms with Gasteiger partial charge in [-0.25, -0.2) is 4.39 Å². The fraction of sp³-hybridized carbons (Fsp3) is 0.412. The smallest absolute Gasteiger partial charge is 0.307 e. The van der Waals surface area contributed by atoms with Gasteiger partial charge in [-0.3, -0.25) is 9.59 Å². The van der Waals surface area contributed by atoms with Crippen LogP contribution in [0.15, 0.2) is 30.3 Å². The van der Waals surface area contributed by atoms with Crippen LogP contribution in [0.3, 0.4) is 0 Å². The number of halogens is 1. The molecule has 0 saturated heterocycles. The summed E-state index contributed by atoms with van der Waals surface area (Å²) in [5.74, 6) is -0.931. The molecule has 126 valence electrons. The second-order valence-corrected chi connectivity index (χ2v) is 4.98. The van der Waals surface area contributed by atoms with Crippen molar-refractivity contribution in [3.8, 4) is 0 Å². The van der Waals surface area contributed by atoms with E-state index in [4.69, 9.17) is 4.74 Å². The molecule has 6 heteroatoms. The van der Waals surface area contributed by atoms with Crippen LogP contribution in [0.4, 0.5) is 4.39 Å². The Bertz CT molecular complexity index is 554. The molecule has 0 aliphatic carbocycles. The van der Waals surface area contributed by atoms with Crippen LogP contribution in [-0.4, -0.2) is 50.7 Å². The van der Waals surface area contributed by atoms with E-state index in [0.29, 0.717) is 13.2 Å². The molecular formula is C17H22FNO4. The van der Waals surface area contributed by atoms with E-state index in [0.717, 1.165) is 11.1 Å². The number of hydrogen-bond donors (Lipinski definition) is 0. The van der Waals surface area contributed by atoms with Gasteiger partial charge in [0.25, 0.3) is 0 Å². The van der Waals surface area contributed by atoms with E-state index in [1.165, 1.54) is 30.2 Å². The molecule has 1 aromatic carbocycles. The number of esters is 1. The first-order valence-corrected chi connectivity index (χ1v) is 7.26. The molecular weight excluding hydrogens is 301 g/mol. The van der Waals surface area contributed by atoms with Gasteiger partial charge in [-0.1, -0.05) is 12.1 Å². The Balaban J connectivity index is 2.79. The lowest BCUT2D eigenvalue weighted by Gasteiger charge is -2.20. The van der Waals surface area contributed by atoms with Gasteiger partial charge < -0.3 is 14.4 Å². The van der Waals surface area contributed by atoms with Gasteiger partial charge in [-0.2, -0.15) is 0 Å². The molecule has 0 radical (unpaired) electrons. The Morgan fingerprint density at radius 2 is 1.83 bits per heavy atom. The summed E-state index contributed by atoms with van der Waals surface area (Å²) in [4.78, 5) is 25.1. The van der Waals surface area contributed by atoms with Gasteiger partial charge in [0.2, 0.25) is 5.91 Å². The van der Waals surface area contributed by atoms with Crippen molar-refractivity contribution in [2.24, 2.45) is 0 Å². The second-order valence-electron chi connectivity index (χ2n) is 4.98. The minimum atomic E-state index is -0.376. The van der Waals surface area contributed by atoms with E-state index in [1.807, 2.05) is 0 Å². The molecule has 1 aromatic rings. The lowest BCUT2D eigenvalue weighted by Crippen LogP contribution is -2.34. The summed E-state index contributed by atoms with van der Waals surface area (Å²) < 4.78 is 22.5. The average molecular weight is 323 g/mol. The second kappa shape index (κ2) is 9.74. The van der Waals surface area contributed by atoms with Crippen LogP contribution >= 0.6 is 0 Å². The third-order valence-corrected chi connectivity index (χ3v) is 3.33. The van der Waals surface area contributed by atoms with Crippen LogP contribution in [-0.2, 0) is 19.1 Å². The Morgan fingerprint density at radius 1 is 1.17 bits per heavy atom. The fourth-order valence-corrected chi connectivity index (χ4v) is 1.93. The van der Waals surface area contributed by atoms with Crippen molar-refractivity contribution in [2.75, 3.05) is 33.9 Å². The largest absolute Gasteiger partial charge is 0.469 e. The summed E-state index contributed by atoms with van der Waals surface area (Å²) in [6.45, 7) is 2.78. The van der Waals surface area contributed by atoms with E-state index in [9.17, 15) is 14.0 Å². The average Bonchev–Trinajstić information content (AvgIpc) is 2.54. The van der Waals surface area contributed by atoms with E-state index in [2.05, 4.69) is 4.74 Å². The molecule has 0 bridgehead atoms. The molecule has 23 heavy (non-hydrogen) atoms. The number of ether oxygens (including phenoxy) is 2. The number of hydrogen-bond acceptors (Lipinski definition) is 4. The van der Waals surface area contributed by atoms with Crippen LogP contribution in [0.25, 0.3) is 5.57 Å². The molecule has 1 rings (SSSR count). The Hall–Kier alpha value is -2.21. The summed E-state index contributed by atoms with van der Waals surface area (Å²) >= 11 is 0. The Labute approximate surface area is 135 Å². The van der Waals surface area contributed by atoms with Crippen molar-refractivity contribution in [3.63, 3.8) is 0 Å². The molecule has 0 fully saturated rings. The summed E-state index contributed by atoms with van der Waals surface area (Å²) in [6.07, 6.45) is 1.59. The number of carbonyl (C=O) groups excluding carboxylic acids is 2. The van der Waals surface area contributed by atoms with Crippen molar-refractivity contribution in [1.82, 2.24) is 4.90 Å². The molecule has 0 heterocycles. The van der Waals surface area contributed by atoms with Crippen LogP contribution in [0.1, 0.15) is 18.9 Å². The third-order valence-electron chi connectivity index (χ3n) is 3.33. The fourth-order valence-electron chi connectivity index (χ4n) is 1.93. The highest BCUT2D eigenvalue weighted by Crippen LogP contribution is 2.14. The molecule has 0 aromatic heterocycles. The van der Waals surface area contributed by atoms with Crippen LogP contribution in [0.2, 0.25) is 0 Å². The van der Waals surface area contributed by atoms with Crippen molar-refractivity contribution in [1.29, 1.82) is 0 Å². The number of benzene rings is 1. The number of carbonyl (C=O) groups is 2. The number of rotatable bonds is 8. The maximum absolute atomic E-state index is 12.9.